The van der Waals surface area contributed by atoms with Crippen LogP contribution in [0.5, 0.6) is 0 Å². The average Bonchev–Trinajstić information content (AvgIpc) is 2.34. The smallest absolute Gasteiger partial charge is 0.224 e. The van der Waals surface area contributed by atoms with Crippen molar-refractivity contribution in [1.82, 2.24) is 10.2 Å². The summed E-state index contributed by atoms with van der Waals surface area (Å²) in [5.74, 6) is 0.104. The Morgan fingerprint density at radius 2 is 1.75 bits per heavy atom. The molecule has 0 aliphatic rings. The Balaban J connectivity index is 2.39. The Kier molecular flexibility index (Phi) is 6.21. The van der Waals surface area contributed by atoms with E-state index in [1.165, 1.54) is 5.56 Å². The first-order chi connectivity index (χ1) is 9.29. The van der Waals surface area contributed by atoms with Gasteiger partial charge >= 0.3 is 0 Å². The number of amides is 1. The summed E-state index contributed by atoms with van der Waals surface area (Å²) in [6.45, 7) is 8.33. The molecule has 0 aliphatic heterocycles. The monoisotopic (exact) mass is 276 g/mol. The van der Waals surface area contributed by atoms with E-state index in [1.807, 2.05) is 14.1 Å². The largest absolute Gasteiger partial charge is 0.356 e. The van der Waals surface area contributed by atoms with E-state index in [1.54, 1.807) is 0 Å². The molecule has 0 atom stereocenters. The molecule has 0 saturated heterocycles. The zero-order valence-electron chi connectivity index (χ0n) is 13.5. The number of rotatable bonds is 6. The number of hydrogen-bond donors (Lipinski definition) is 1. The molecular formula is C17H28N2O. The maximum atomic E-state index is 11.8. The predicted octanol–water partition coefficient (Wildman–Crippen LogP) is 2.59. The Bertz CT molecular complexity index is 416. The topological polar surface area (TPSA) is 32.3 Å². The normalized spacial score (nSPS) is 11.7. The number of nitrogens with zero attached hydrogens (tertiary/aromatic N) is 1. The summed E-state index contributed by atoms with van der Waals surface area (Å²) < 4.78 is 0. The molecule has 20 heavy (non-hydrogen) atoms. The number of carbonyl (C=O) groups excluding carboxylic acids is 1. The van der Waals surface area contributed by atoms with Crippen molar-refractivity contribution in [2.45, 2.75) is 39.0 Å². The van der Waals surface area contributed by atoms with Crippen LogP contribution in [0.2, 0.25) is 0 Å². The van der Waals surface area contributed by atoms with Crippen LogP contribution in [0.1, 0.15) is 38.3 Å². The van der Waals surface area contributed by atoms with E-state index < -0.39 is 0 Å². The molecule has 0 heterocycles. The molecule has 112 valence electrons. The van der Waals surface area contributed by atoms with Gasteiger partial charge in [0.05, 0.1) is 6.42 Å². The summed E-state index contributed by atoms with van der Waals surface area (Å²) in [5.41, 5.74) is 2.53. The molecule has 0 aromatic heterocycles. The molecule has 1 rings (SSSR count). The molecule has 0 fully saturated rings. The van der Waals surface area contributed by atoms with Crippen LogP contribution < -0.4 is 5.32 Å². The van der Waals surface area contributed by atoms with Gasteiger partial charge in [-0.15, -0.1) is 0 Å². The standard InChI is InChI=1S/C17H28N2O/c1-17(2,3)15-9-7-14(8-10-15)13-16(20)18-11-6-12-19(4)5/h7-10H,6,11-13H2,1-5H3,(H,18,20). The molecule has 0 unspecified atom stereocenters. The van der Waals surface area contributed by atoms with E-state index in [2.05, 4.69) is 55.3 Å². The highest BCUT2D eigenvalue weighted by atomic mass is 16.1. The fraction of sp³-hybridized carbons (Fsp3) is 0.588. The summed E-state index contributed by atoms with van der Waals surface area (Å²) in [4.78, 5) is 13.9. The Morgan fingerprint density at radius 3 is 2.25 bits per heavy atom. The molecular weight excluding hydrogens is 248 g/mol. The van der Waals surface area contributed by atoms with Gasteiger partial charge < -0.3 is 10.2 Å². The van der Waals surface area contributed by atoms with Crippen molar-refractivity contribution in [3.63, 3.8) is 0 Å². The summed E-state index contributed by atoms with van der Waals surface area (Å²) in [5, 5.41) is 2.97. The zero-order valence-corrected chi connectivity index (χ0v) is 13.5. The van der Waals surface area contributed by atoms with E-state index in [-0.39, 0.29) is 11.3 Å². The predicted molar refractivity (Wildman–Crippen MR) is 85.0 cm³/mol. The van der Waals surface area contributed by atoms with Crippen molar-refractivity contribution >= 4 is 5.91 Å². The Labute approximate surface area is 123 Å². The van der Waals surface area contributed by atoms with E-state index in [0.717, 1.165) is 25.1 Å². The first kappa shape index (κ1) is 16.7. The summed E-state index contributed by atoms with van der Waals surface area (Å²) in [6, 6.07) is 8.35. The lowest BCUT2D eigenvalue weighted by Crippen LogP contribution is -2.28. The lowest BCUT2D eigenvalue weighted by atomic mass is 9.86. The summed E-state index contributed by atoms with van der Waals surface area (Å²) in [6.07, 6.45) is 1.45. The Hall–Kier alpha value is -1.35. The van der Waals surface area contributed by atoms with Gasteiger partial charge in [0, 0.05) is 6.54 Å². The van der Waals surface area contributed by atoms with Crippen LogP contribution in [-0.2, 0) is 16.6 Å². The molecule has 3 nitrogen and oxygen atoms in total. The summed E-state index contributed by atoms with van der Waals surface area (Å²) in [7, 11) is 4.08. The molecule has 0 saturated carbocycles. The maximum absolute atomic E-state index is 11.8. The van der Waals surface area contributed by atoms with Gasteiger partial charge in [0.1, 0.15) is 0 Å². The number of nitrogens with one attached hydrogen (secondary N) is 1. The minimum absolute atomic E-state index is 0.104. The van der Waals surface area contributed by atoms with Crippen LogP contribution in [0.15, 0.2) is 24.3 Å². The van der Waals surface area contributed by atoms with Crippen molar-refractivity contribution in [3.05, 3.63) is 35.4 Å². The molecule has 3 heteroatoms. The van der Waals surface area contributed by atoms with Crippen LogP contribution in [0.25, 0.3) is 0 Å². The lowest BCUT2D eigenvalue weighted by molar-refractivity contribution is -0.120. The quantitative estimate of drug-likeness (QED) is 0.810. The van der Waals surface area contributed by atoms with Crippen molar-refractivity contribution in [3.8, 4) is 0 Å². The van der Waals surface area contributed by atoms with Gasteiger partial charge in [-0.25, -0.2) is 0 Å². The van der Waals surface area contributed by atoms with Gasteiger partial charge in [-0.2, -0.15) is 0 Å². The second kappa shape index (κ2) is 7.44. The maximum Gasteiger partial charge on any atom is 0.224 e. The van der Waals surface area contributed by atoms with Crippen LogP contribution >= 0.6 is 0 Å². The van der Waals surface area contributed by atoms with Gasteiger partial charge in [0.25, 0.3) is 0 Å². The fourth-order valence-corrected chi connectivity index (χ4v) is 1.99. The molecule has 1 aromatic rings. The second-order valence-corrected chi connectivity index (χ2v) is 6.63. The van der Waals surface area contributed by atoms with Crippen molar-refractivity contribution in [2.24, 2.45) is 0 Å². The molecule has 1 N–H and O–H groups in total. The first-order valence-electron chi connectivity index (χ1n) is 7.30. The van der Waals surface area contributed by atoms with Crippen LogP contribution in [0.3, 0.4) is 0 Å². The molecule has 1 amide bonds. The minimum atomic E-state index is 0.104. The van der Waals surface area contributed by atoms with Crippen molar-refractivity contribution < 1.29 is 4.79 Å². The van der Waals surface area contributed by atoms with Gasteiger partial charge in [-0.05, 0) is 43.6 Å². The van der Waals surface area contributed by atoms with E-state index in [9.17, 15) is 4.79 Å². The SMILES string of the molecule is CN(C)CCCNC(=O)Cc1ccc(C(C)(C)C)cc1. The second-order valence-electron chi connectivity index (χ2n) is 6.63. The van der Waals surface area contributed by atoms with Crippen molar-refractivity contribution in [1.29, 1.82) is 0 Å². The van der Waals surface area contributed by atoms with Gasteiger partial charge in [-0.1, -0.05) is 45.0 Å². The highest BCUT2D eigenvalue weighted by Gasteiger charge is 2.13. The van der Waals surface area contributed by atoms with Crippen LogP contribution in [0.4, 0.5) is 0 Å². The number of benzene rings is 1. The third kappa shape index (κ3) is 6.20. The molecule has 1 aromatic carbocycles. The van der Waals surface area contributed by atoms with Gasteiger partial charge in [-0.3, -0.25) is 4.79 Å². The third-order valence-electron chi connectivity index (χ3n) is 3.29. The van der Waals surface area contributed by atoms with E-state index in [0.29, 0.717) is 6.42 Å². The zero-order chi connectivity index (χ0) is 15.2. The first-order valence-corrected chi connectivity index (χ1v) is 7.30. The van der Waals surface area contributed by atoms with Crippen LogP contribution in [0, 0.1) is 0 Å². The molecule has 0 bridgehead atoms. The summed E-state index contributed by atoms with van der Waals surface area (Å²) >= 11 is 0. The average molecular weight is 276 g/mol. The third-order valence-corrected chi connectivity index (χ3v) is 3.29. The minimum Gasteiger partial charge on any atom is -0.356 e. The fourth-order valence-electron chi connectivity index (χ4n) is 1.99. The van der Waals surface area contributed by atoms with Gasteiger partial charge in [0.15, 0.2) is 0 Å². The Morgan fingerprint density at radius 1 is 1.15 bits per heavy atom. The highest BCUT2D eigenvalue weighted by molar-refractivity contribution is 5.78. The van der Waals surface area contributed by atoms with E-state index >= 15 is 0 Å². The van der Waals surface area contributed by atoms with Gasteiger partial charge in [0.2, 0.25) is 5.91 Å². The van der Waals surface area contributed by atoms with Crippen molar-refractivity contribution in [2.75, 3.05) is 27.2 Å². The number of carbonyl (C=O) groups is 1. The van der Waals surface area contributed by atoms with E-state index in [4.69, 9.17) is 0 Å². The number of hydrogen-bond acceptors (Lipinski definition) is 2. The molecule has 0 aliphatic carbocycles. The van der Waals surface area contributed by atoms with Crippen LogP contribution in [-0.4, -0.2) is 38.0 Å². The lowest BCUT2D eigenvalue weighted by Gasteiger charge is -2.19. The molecule has 0 spiro atoms. The molecule has 0 radical (unpaired) electrons. The highest BCUT2D eigenvalue weighted by Crippen LogP contribution is 2.22.